The molecule has 0 aromatic heterocycles. The van der Waals surface area contributed by atoms with Crippen LogP contribution in [-0.2, 0) is 9.84 Å². The van der Waals surface area contributed by atoms with Gasteiger partial charge in [0.05, 0.1) is 16.3 Å². The van der Waals surface area contributed by atoms with Gasteiger partial charge in [-0.1, -0.05) is 0 Å². The standard InChI is InChI=1S/C12H21N3O2S/c1-9(8-15(2)3)14-12-6-5-10(7-11(12)13)18(4,16)17/h5-7,9,14H,8,13H2,1-4H3. The maximum absolute atomic E-state index is 11.4. The lowest BCUT2D eigenvalue weighted by Gasteiger charge is -2.20. The van der Waals surface area contributed by atoms with E-state index in [1.54, 1.807) is 12.1 Å². The Kier molecular flexibility index (Phi) is 4.59. The van der Waals surface area contributed by atoms with Crippen molar-refractivity contribution < 1.29 is 8.42 Å². The Morgan fingerprint density at radius 2 is 2.00 bits per heavy atom. The number of anilines is 2. The second-order valence-electron chi connectivity index (χ2n) is 4.83. The predicted molar refractivity (Wildman–Crippen MR) is 75.6 cm³/mol. The van der Waals surface area contributed by atoms with Crippen LogP contribution in [0.5, 0.6) is 0 Å². The summed E-state index contributed by atoms with van der Waals surface area (Å²) in [7, 11) is 0.783. The number of nitrogens with two attached hydrogens (primary N) is 1. The van der Waals surface area contributed by atoms with Gasteiger partial charge in [0.25, 0.3) is 0 Å². The molecule has 0 spiro atoms. The van der Waals surface area contributed by atoms with Gasteiger partial charge in [-0.25, -0.2) is 8.42 Å². The van der Waals surface area contributed by atoms with Gasteiger partial charge in [-0.15, -0.1) is 0 Å². The monoisotopic (exact) mass is 271 g/mol. The summed E-state index contributed by atoms with van der Waals surface area (Å²) in [6.45, 7) is 2.91. The third-order valence-corrected chi connectivity index (χ3v) is 3.60. The van der Waals surface area contributed by atoms with Gasteiger partial charge in [0.1, 0.15) is 0 Å². The quantitative estimate of drug-likeness (QED) is 0.782. The van der Waals surface area contributed by atoms with Crippen LogP contribution in [-0.4, -0.2) is 46.3 Å². The first-order valence-electron chi connectivity index (χ1n) is 5.71. The SMILES string of the molecule is CC(CN(C)C)Nc1ccc(S(C)(=O)=O)cc1N. The van der Waals surface area contributed by atoms with Crippen LogP contribution in [0.25, 0.3) is 0 Å². The molecule has 1 unspecified atom stereocenters. The van der Waals surface area contributed by atoms with Crippen LogP contribution < -0.4 is 11.1 Å². The summed E-state index contributed by atoms with van der Waals surface area (Å²) in [5.41, 5.74) is 7.07. The van der Waals surface area contributed by atoms with Crippen molar-refractivity contribution in [3.63, 3.8) is 0 Å². The lowest BCUT2D eigenvalue weighted by molar-refractivity contribution is 0.392. The zero-order valence-corrected chi connectivity index (χ0v) is 12.1. The van der Waals surface area contributed by atoms with Crippen LogP contribution in [0.15, 0.2) is 23.1 Å². The summed E-state index contributed by atoms with van der Waals surface area (Å²) in [4.78, 5) is 2.31. The predicted octanol–water partition coefficient (Wildman–Crippen LogP) is 1.03. The van der Waals surface area contributed by atoms with E-state index in [4.69, 9.17) is 5.73 Å². The van der Waals surface area contributed by atoms with Gasteiger partial charge in [0, 0.05) is 18.8 Å². The van der Waals surface area contributed by atoms with E-state index in [2.05, 4.69) is 10.2 Å². The van der Waals surface area contributed by atoms with E-state index < -0.39 is 9.84 Å². The fraction of sp³-hybridized carbons (Fsp3) is 0.500. The zero-order chi connectivity index (χ0) is 13.9. The summed E-state index contributed by atoms with van der Waals surface area (Å²) >= 11 is 0. The highest BCUT2D eigenvalue weighted by Crippen LogP contribution is 2.23. The molecule has 0 saturated carbocycles. The molecule has 1 aromatic carbocycles. The Balaban J connectivity index is 2.87. The summed E-state index contributed by atoms with van der Waals surface area (Å²) < 4.78 is 22.8. The number of benzene rings is 1. The van der Waals surface area contributed by atoms with Crippen molar-refractivity contribution in [3.05, 3.63) is 18.2 Å². The van der Waals surface area contributed by atoms with E-state index in [-0.39, 0.29) is 10.9 Å². The molecule has 0 bridgehead atoms. The van der Waals surface area contributed by atoms with Gasteiger partial charge in [0.2, 0.25) is 0 Å². The van der Waals surface area contributed by atoms with Crippen LogP contribution in [0.3, 0.4) is 0 Å². The second kappa shape index (κ2) is 5.58. The van der Waals surface area contributed by atoms with E-state index >= 15 is 0 Å². The first kappa shape index (κ1) is 14.8. The molecule has 0 aliphatic rings. The molecule has 1 aromatic rings. The molecular weight excluding hydrogens is 250 g/mol. The summed E-state index contributed by atoms with van der Waals surface area (Å²) in [6.07, 6.45) is 1.17. The topological polar surface area (TPSA) is 75.4 Å². The number of rotatable bonds is 5. The highest BCUT2D eigenvalue weighted by molar-refractivity contribution is 7.90. The fourth-order valence-electron chi connectivity index (χ4n) is 1.76. The van der Waals surface area contributed by atoms with Gasteiger partial charge in [-0.2, -0.15) is 0 Å². The van der Waals surface area contributed by atoms with Crippen molar-refractivity contribution in [2.24, 2.45) is 0 Å². The van der Waals surface area contributed by atoms with Crippen molar-refractivity contribution in [1.82, 2.24) is 4.90 Å². The molecule has 0 saturated heterocycles. The molecule has 1 atom stereocenters. The van der Waals surface area contributed by atoms with E-state index in [9.17, 15) is 8.42 Å². The molecule has 0 radical (unpaired) electrons. The summed E-state index contributed by atoms with van der Waals surface area (Å²) in [5.74, 6) is 0. The number of likely N-dealkylation sites (N-methyl/N-ethyl adjacent to an activating group) is 1. The highest BCUT2D eigenvalue weighted by Gasteiger charge is 2.11. The molecular formula is C12H21N3O2S. The average molecular weight is 271 g/mol. The Morgan fingerprint density at radius 3 is 2.44 bits per heavy atom. The Bertz CT molecular complexity index is 512. The van der Waals surface area contributed by atoms with Gasteiger partial charge >= 0.3 is 0 Å². The van der Waals surface area contributed by atoms with Crippen molar-refractivity contribution in [2.45, 2.75) is 17.9 Å². The number of nitrogens with zero attached hydrogens (tertiary/aromatic N) is 1. The van der Waals surface area contributed by atoms with E-state index in [0.29, 0.717) is 5.69 Å². The number of hydrogen-bond acceptors (Lipinski definition) is 5. The Morgan fingerprint density at radius 1 is 1.39 bits per heavy atom. The molecule has 6 heteroatoms. The third-order valence-electron chi connectivity index (χ3n) is 2.49. The molecule has 0 amide bonds. The third kappa shape index (κ3) is 4.19. The Labute approximate surface area is 109 Å². The van der Waals surface area contributed by atoms with Crippen LogP contribution in [0.2, 0.25) is 0 Å². The number of nitrogens with one attached hydrogen (secondary N) is 1. The Hall–Kier alpha value is -1.27. The molecule has 0 fully saturated rings. The maximum Gasteiger partial charge on any atom is 0.175 e. The minimum absolute atomic E-state index is 0.228. The van der Waals surface area contributed by atoms with Gasteiger partial charge in [0.15, 0.2) is 9.84 Å². The van der Waals surface area contributed by atoms with Gasteiger partial charge < -0.3 is 16.0 Å². The lowest BCUT2D eigenvalue weighted by Crippen LogP contribution is -2.29. The van der Waals surface area contributed by atoms with Crippen molar-refractivity contribution >= 4 is 21.2 Å². The zero-order valence-electron chi connectivity index (χ0n) is 11.3. The van der Waals surface area contributed by atoms with Gasteiger partial charge in [-0.05, 0) is 39.2 Å². The molecule has 3 N–H and O–H groups in total. The number of sulfone groups is 1. The smallest absolute Gasteiger partial charge is 0.175 e. The first-order valence-corrected chi connectivity index (χ1v) is 7.60. The largest absolute Gasteiger partial charge is 0.397 e. The van der Waals surface area contributed by atoms with Crippen molar-refractivity contribution in [2.75, 3.05) is 37.9 Å². The van der Waals surface area contributed by atoms with E-state index in [1.165, 1.54) is 12.3 Å². The molecule has 5 nitrogen and oxygen atoms in total. The normalized spacial score (nSPS) is 13.6. The summed E-state index contributed by atoms with van der Waals surface area (Å²) in [6, 6.07) is 4.99. The molecule has 0 aliphatic carbocycles. The van der Waals surface area contributed by atoms with Crippen LogP contribution in [0.4, 0.5) is 11.4 Å². The molecule has 0 heterocycles. The molecule has 102 valence electrons. The minimum Gasteiger partial charge on any atom is -0.397 e. The number of hydrogen-bond donors (Lipinski definition) is 2. The van der Waals surface area contributed by atoms with Crippen molar-refractivity contribution in [1.29, 1.82) is 0 Å². The fourth-order valence-corrected chi connectivity index (χ4v) is 2.42. The van der Waals surface area contributed by atoms with Crippen LogP contribution in [0.1, 0.15) is 6.92 Å². The lowest BCUT2D eigenvalue weighted by atomic mass is 10.2. The second-order valence-corrected chi connectivity index (χ2v) is 6.84. The maximum atomic E-state index is 11.4. The van der Waals surface area contributed by atoms with Crippen LogP contribution >= 0.6 is 0 Å². The molecule has 18 heavy (non-hydrogen) atoms. The molecule has 1 rings (SSSR count). The van der Waals surface area contributed by atoms with Crippen molar-refractivity contribution in [3.8, 4) is 0 Å². The highest BCUT2D eigenvalue weighted by atomic mass is 32.2. The van der Waals surface area contributed by atoms with Gasteiger partial charge in [-0.3, -0.25) is 0 Å². The average Bonchev–Trinajstić information content (AvgIpc) is 2.18. The van der Waals surface area contributed by atoms with E-state index in [0.717, 1.165) is 12.2 Å². The minimum atomic E-state index is -3.21. The van der Waals surface area contributed by atoms with E-state index in [1.807, 2.05) is 21.0 Å². The molecule has 0 aliphatic heterocycles. The number of nitrogen functional groups attached to an aromatic ring is 1. The van der Waals surface area contributed by atoms with Crippen LogP contribution in [0, 0.1) is 0 Å². The first-order chi connectivity index (χ1) is 8.20. The summed E-state index contributed by atoms with van der Waals surface area (Å²) in [5, 5.41) is 3.26.